The molecule has 2 aromatic heterocycles. The number of anilines is 1. The number of nitrogens with one attached hydrogen (secondary N) is 2. The lowest BCUT2D eigenvalue weighted by Gasteiger charge is -2.22. The number of amides is 1. The fourth-order valence-electron chi connectivity index (χ4n) is 3.53. The van der Waals surface area contributed by atoms with Crippen molar-refractivity contribution in [3.63, 3.8) is 0 Å². The van der Waals surface area contributed by atoms with Gasteiger partial charge in [0, 0.05) is 23.5 Å². The quantitative estimate of drug-likeness (QED) is 0.704. The number of nitrogens with zero attached hydrogens (tertiary/aromatic N) is 1. The van der Waals surface area contributed by atoms with E-state index in [1.807, 2.05) is 36.4 Å². The summed E-state index contributed by atoms with van der Waals surface area (Å²) >= 11 is 0. The largest absolute Gasteiger partial charge is 0.374 e. The van der Waals surface area contributed by atoms with Crippen LogP contribution in [0.15, 0.2) is 48.8 Å². The molecule has 26 heavy (non-hydrogen) atoms. The summed E-state index contributed by atoms with van der Waals surface area (Å²) in [5.74, 6) is -0.144. The minimum atomic E-state index is -0.144. The van der Waals surface area contributed by atoms with Crippen LogP contribution in [0, 0.1) is 0 Å². The second-order valence-corrected chi connectivity index (χ2v) is 6.83. The molecule has 2 N–H and O–H groups in total. The van der Waals surface area contributed by atoms with E-state index in [0.717, 1.165) is 29.5 Å². The van der Waals surface area contributed by atoms with Gasteiger partial charge in [-0.05, 0) is 42.7 Å². The number of hydrogen-bond acceptors (Lipinski definition) is 3. The van der Waals surface area contributed by atoms with Gasteiger partial charge in [0.25, 0.3) is 5.91 Å². The Balaban J connectivity index is 1.42. The van der Waals surface area contributed by atoms with Crippen molar-refractivity contribution in [2.45, 2.75) is 44.8 Å². The molecule has 2 heterocycles. The van der Waals surface area contributed by atoms with Gasteiger partial charge in [-0.3, -0.25) is 4.79 Å². The Bertz CT molecular complexity index is 897. The molecule has 0 atom stereocenters. The molecule has 4 rings (SSSR count). The zero-order valence-corrected chi connectivity index (χ0v) is 14.7. The first-order valence-corrected chi connectivity index (χ1v) is 9.23. The van der Waals surface area contributed by atoms with Crippen molar-refractivity contribution in [3.8, 4) is 0 Å². The molecule has 134 valence electrons. The first-order chi connectivity index (χ1) is 12.8. The number of fused-ring (bicyclic) bond motifs is 1. The molecule has 0 bridgehead atoms. The van der Waals surface area contributed by atoms with E-state index in [0.29, 0.717) is 23.9 Å². The zero-order chi connectivity index (χ0) is 17.8. The van der Waals surface area contributed by atoms with E-state index in [2.05, 4.69) is 15.3 Å². The maximum absolute atomic E-state index is 12.6. The molecular formula is C21H23N3O2. The van der Waals surface area contributed by atoms with Crippen LogP contribution in [-0.2, 0) is 11.3 Å². The number of carbonyl (C=O) groups is 1. The van der Waals surface area contributed by atoms with Gasteiger partial charge in [-0.15, -0.1) is 0 Å². The van der Waals surface area contributed by atoms with Gasteiger partial charge in [0.2, 0.25) is 0 Å². The fraction of sp³-hybridized carbons (Fsp3) is 0.333. The summed E-state index contributed by atoms with van der Waals surface area (Å²) in [6.07, 6.45) is 9.95. The SMILES string of the molecule is O=C(Nc1cccc(COC2CCCCC2)c1)c1c[nH]c2ncccc12. The first kappa shape index (κ1) is 16.8. The normalized spacial score (nSPS) is 15.2. The molecule has 0 saturated heterocycles. The third-order valence-corrected chi connectivity index (χ3v) is 4.92. The third kappa shape index (κ3) is 3.78. The van der Waals surface area contributed by atoms with Gasteiger partial charge >= 0.3 is 0 Å². The number of benzene rings is 1. The second kappa shape index (κ2) is 7.70. The Hall–Kier alpha value is -2.66. The molecule has 1 saturated carbocycles. The smallest absolute Gasteiger partial charge is 0.257 e. The van der Waals surface area contributed by atoms with Crippen LogP contribution < -0.4 is 5.32 Å². The molecule has 1 fully saturated rings. The number of carbonyl (C=O) groups excluding carboxylic acids is 1. The van der Waals surface area contributed by atoms with Crippen LogP contribution in [0.4, 0.5) is 5.69 Å². The van der Waals surface area contributed by atoms with E-state index >= 15 is 0 Å². The van der Waals surface area contributed by atoms with Crippen LogP contribution in [0.2, 0.25) is 0 Å². The van der Waals surface area contributed by atoms with E-state index in [-0.39, 0.29) is 5.91 Å². The number of H-pyrrole nitrogens is 1. The molecule has 0 unspecified atom stereocenters. The maximum atomic E-state index is 12.6. The van der Waals surface area contributed by atoms with Crippen LogP contribution in [0.5, 0.6) is 0 Å². The minimum absolute atomic E-state index is 0.144. The molecule has 0 radical (unpaired) electrons. The highest BCUT2D eigenvalue weighted by atomic mass is 16.5. The number of ether oxygens (including phenoxy) is 1. The van der Waals surface area contributed by atoms with Crippen molar-refractivity contribution in [2.75, 3.05) is 5.32 Å². The third-order valence-electron chi connectivity index (χ3n) is 4.92. The van der Waals surface area contributed by atoms with Crippen molar-refractivity contribution >= 4 is 22.6 Å². The molecule has 3 aromatic rings. The average Bonchev–Trinajstić information content (AvgIpc) is 3.12. The molecule has 1 aromatic carbocycles. The lowest BCUT2D eigenvalue weighted by Crippen LogP contribution is -2.16. The van der Waals surface area contributed by atoms with Crippen LogP contribution in [0.1, 0.15) is 48.0 Å². The summed E-state index contributed by atoms with van der Waals surface area (Å²) in [6.45, 7) is 0.589. The van der Waals surface area contributed by atoms with Crippen LogP contribution >= 0.6 is 0 Å². The first-order valence-electron chi connectivity index (χ1n) is 9.23. The molecule has 1 aliphatic rings. The number of aromatic nitrogens is 2. The molecule has 5 nitrogen and oxygen atoms in total. The average molecular weight is 349 g/mol. The Morgan fingerprint density at radius 1 is 1.19 bits per heavy atom. The monoisotopic (exact) mass is 349 g/mol. The summed E-state index contributed by atoms with van der Waals surface area (Å²) in [5, 5.41) is 3.79. The summed E-state index contributed by atoms with van der Waals surface area (Å²) in [6, 6.07) is 11.6. The number of hydrogen-bond donors (Lipinski definition) is 2. The predicted octanol–water partition coefficient (Wildman–Crippen LogP) is 4.66. The molecule has 0 spiro atoms. The Morgan fingerprint density at radius 2 is 2.08 bits per heavy atom. The summed E-state index contributed by atoms with van der Waals surface area (Å²) in [5.41, 5.74) is 3.16. The number of aromatic amines is 1. The topological polar surface area (TPSA) is 67.0 Å². The maximum Gasteiger partial charge on any atom is 0.257 e. The second-order valence-electron chi connectivity index (χ2n) is 6.83. The highest BCUT2D eigenvalue weighted by Gasteiger charge is 2.15. The number of pyridine rings is 1. The predicted molar refractivity (Wildman–Crippen MR) is 102 cm³/mol. The van der Waals surface area contributed by atoms with Gasteiger partial charge in [0.1, 0.15) is 5.65 Å². The van der Waals surface area contributed by atoms with Crippen molar-refractivity contribution in [1.29, 1.82) is 0 Å². The fourth-order valence-corrected chi connectivity index (χ4v) is 3.53. The summed E-state index contributed by atoms with van der Waals surface area (Å²) < 4.78 is 6.03. The van der Waals surface area contributed by atoms with E-state index in [1.165, 1.54) is 19.3 Å². The Morgan fingerprint density at radius 3 is 2.96 bits per heavy atom. The molecule has 5 heteroatoms. The Labute approximate surface area is 152 Å². The van der Waals surface area contributed by atoms with Gasteiger partial charge in [-0.1, -0.05) is 31.4 Å². The van der Waals surface area contributed by atoms with Crippen LogP contribution in [0.25, 0.3) is 11.0 Å². The van der Waals surface area contributed by atoms with Gasteiger partial charge < -0.3 is 15.0 Å². The highest BCUT2D eigenvalue weighted by Crippen LogP contribution is 2.22. The lowest BCUT2D eigenvalue weighted by atomic mass is 9.98. The Kier molecular flexibility index (Phi) is 4.97. The van der Waals surface area contributed by atoms with E-state index in [9.17, 15) is 4.79 Å². The van der Waals surface area contributed by atoms with Gasteiger partial charge in [-0.25, -0.2) is 4.98 Å². The molecule has 1 aliphatic carbocycles. The van der Waals surface area contributed by atoms with Crippen molar-refractivity contribution in [3.05, 3.63) is 59.9 Å². The highest BCUT2D eigenvalue weighted by molar-refractivity contribution is 6.12. The zero-order valence-electron chi connectivity index (χ0n) is 14.7. The van der Waals surface area contributed by atoms with Gasteiger partial charge in [0.05, 0.1) is 18.3 Å². The van der Waals surface area contributed by atoms with Gasteiger partial charge in [0.15, 0.2) is 0 Å². The van der Waals surface area contributed by atoms with Gasteiger partial charge in [-0.2, -0.15) is 0 Å². The van der Waals surface area contributed by atoms with Crippen molar-refractivity contribution in [1.82, 2.24) is 9.97 Å². The minimum Gasteiger partial charge on any atom is -0.374 e. The molecule has 1 amide bonds. The molecule has 0 aliphatic heterocycles. The summed E-state index contributed by atoms with van der Waals surface area (Å²) in [4.78, 5) is 19.9. The van der Waals surface area contributed by atoms with Crippen molar-refractivity contribution < 1.29 is 9.53 Å². The lowest BCUT2D eigenvalue weighted by molar-refractivity contribution is 0.0169. The van der Waals surface area contributed by atoms with E-state index < -0.39 is 0 Å². The van der Waals surface area contributed by atoms with Crippen LogP contribution in [-0.4, -0.2) is 22.0 Å². The van der Waals surface area contributed by atoms with E-state index in [4.69, 9.17) is 4.74 Å². The summed E-state index contributed by atoms with van der Waals surface area (Å²) in [7, 11) is 0. The van der Waals surface area contributed by atoms with E-state index in [1.54, 1.807) is 12.4 Å². The number of rotatable bonds is 5. The van der Waals surface area contributed by atoms with Crippen LogP contribution in [0.3, 0.4) is 0 Å². The standard InChI is InChI=1S/C21H23N3O2/c25-21(19-13-23-20-18(19)10-5-11-22-20)24-16-7-4-6-15(12-16)14-26-17-8-2-1-3-9-17/h4-7,10-13,17H,1-3,8-9,14H2,(H,22,23)(H,24,25). The van der Waals surface area contributed by atoms with Crippen molar-refractivity contribution in [2.24, 2.45) is 0 Å². The molecular weight excluding hydrogens is 326 g/mol.